The highest BCUT2D eigenvalue weighted by Crippen LogP contribution is 2.37. The Bertz CT molecular complexity index is 1250. The van der Waals surface area contributed by atoms with Gasteiger partial charge in [0, 0.05) is 40.9 Å². The van der Waals surface area contributed by atoms with Gasteiger partial charge in [-0.25, -0.2) is 0 Å². The van der Waals surface area contributed by atoms with Crippen molar-refractivity contribution in [2.75, 3.05) is 52.7 Å². The van der Waals surface area contributed by atoms with Crippen molar-refractivity contribution in [3.63, 3.8) is 0 Å². The lowest BCUT2D eigenvalue weighted by molar-refractivity contribution is 0.0736. The van der Waals surface area contributed by atoms with E-state index in [0.29, 0.717) is 0 Å². The Morgan fingerprint density at radius 3 is 1.79 bits per heavy atom. The standard InChI is InChI=1S/C28H30N2O8/c31-11-15-37-13-9-29-23-21(25(33)17-5-1-3-7-19(17)27(23)35)22-24(30-10-14-38-16-12-32)28(36)20-8-4-2-6-18(20)26(22)34/h1-8,21,23,29-32H,9-16H2. The first-order chi connectivity index (χ1) is 18.5. The fraction of sp³-hybridized carbons (Fsp3) is 0.357. The van der Waals surface area contributed by atoms with Crippen molar-refractivity contribution in [2.45, 2.75) is 6.04 Å². The average Bonchev–Trinajstić information content (AvgIpc) is 2.94. The molecule has 2 aromatic rings. The normalized spacial score (nSPS) is 19.0. The summed E-state index contributed by atoms with van der Waals surface area (Å²) in [5.74, 6) is -3.04. The molecule has 2 aromatic carbocycles. The van der Waals surface area contributed by atoms with Gasteiger partial charge in [0.15, 0.2) is 17.3 Å². The predicted molar refractivity (Wildman–Crippen MR) is 136 cm³/mol. The number of ether oxygens (including phenoxy) is 2. The molecule has 0 aliphatic heterocycles. The smallest absolute Gasteiger partial charge is 0.210 e. The zero-order valence-corrected chi connectivity index (χ0v) is 20.8. The molecule has 2 aliphatic rings. The molecule has 10 nitrogen and oxygen atoms in total. The minimum Gasteiger partial charge on any atom is -0.394 e. The van der Waals surface area contributed by atoms with E-state index in [4.69, 9.17) is 19.7 Å². The van der Waals surface area contributed by atoms with E-state index in [0.717, 1.165) is 0 Å². The molecule has 0 spiro atoms. The monoisotopic (exact) mass is 522 g/mol. The SMILES string of the molecule is O=C1C(NCCOCCO)=C(C2C(=O)c3ccccc3C(=O)C2NCCOCCO)C(=O)c2ccccc21. The fourth-order valence-corrected chi connectivity index (χ4v) is 4.79. The molecule has 2 unspecified atom stereocenters. The highest BCUT2D eigenvalue weighted by atomic mass is 16.5. The summed E-state index contributed by atoms with van der Waals surface area (Å²) in [4.78, 5) is 55.0. The van der Waals surface area contributed by atoms with Gasteiger partial charge < -0.3 is 30.3 Å². The Morgan fingerprint density at radius 2 is 1.18 bits per heavy atom. The molecule has 0 saturated carbocycles. The molecule has 4 rings (SSSR count). The second kappa shape index (κ2) is 12.8. The average molecular weight is 523 g/mol. The summed E-state index contributed by atoms with van der Waals surface area (Å²) in [6.07, 6.45) is 0. The van der Waals surface area contributed by atoms with Crippen molar-refractivity contribution in [3.05, 3.63) is 82.1 Å². The molecule has 2 atom stereocenters. The number of Topliss-reactive ketones (excluding diaryl/α,β-unsaturated/α-hetero) is 4. The van der Waals surface area contributed by atoms with E-state index in [9.17, 15) is 19.2 Å². The molecule has 2 aliphatic carbocycles. The van der Waals surface area contributed by atoms with E-state index in [1.165, 1.54) is 6.07 Å². The number of hydrogen-bond acceptors (Lipinski definition) is 10. The second-order valence-electron chi connectivity index (χ2n) is 8.77. The highest BCUT2D eigenvalue weighted by molar-refractivity contribution is 6.30. The van der Waals surface area contributed by atoms with E-state index in [1.807, 2.05) is 0 Å². The van der Waals surface area contributed by atoms with Gasteiger partial charge in [-0.15, -0.1) is 0 Å². The van der Waals surface area contributed by atoms with Crippen molar-refractivity contribution in [3.8, 4) is 0 Å². The van der Waals surface area contributed by atoms with Gasteiger partial charge in [0.05, 0.1) is 57.3 Å². The molecule has 0 aromatic heterocycles. The van der Waals surface area contributed by atoms with Crippen LogP contribution in [0.15, 0.2) is 59.8 Å². The summed E-state index contributed by atoms with van der Waals surface area (Å²) >= 11 is 0. The van der Waals surface area contributed by atoms with Crippen molar-refractivity contribution in [1.29, 1.82) is 0 Å². The van der Waals surface area contributed by atoms with Crippen LogP contribution in [0.2, 0.25) is 0 Å². The molecule has 4 N–H and O–H groups in total. The third kappa shape index (κ3) is 5.50. The lowest BCUT2D eigenvalue weighted by atomic mass is 9.70. The summed E-state index contributed by atoms with van der Waals surface area (Å²) in [6.45, 7) is 0.528. The van der Waals surface area contributed by atoms with Crippen LogP contribution in [0.4, 0.5) is 0 Å². The number of hydrogen-bond donors (Lipinski definition) is 4. The van der Waals surface area contributed by atoms with Gasteiger partial charge in [-0.2, -0.15) is 0 Å². The van der Waals surface area contributed by atoms with Crippen LogP contribution in [0.5, 0.6) is 0 Å². The predicted octanol–water partition coefficient (Wildman–Crippen LogP) is 0.581. The Balaban J connectivity index is 1.78. The van der Waals surface area contributed by atoms with Gasteiger partial charge in [0.25, 0.3) is 0 Å². The summed E-state index contributed by atoms with van der Waals surface area (Å²) in [7, 11) is 0. The summed E-state index contributed by atoms with van der Waals surface area (Å²) < 4.78 is 10.6. The fourth-order valence-electron chi connectivity index (χ4n) is 4.79. The molecule has 10 heteroatoms. The van der Waals surface area contributed by atoms with Crippen molar-refractivity contribution >= 4 is 23.1 Å². The highest BCUT2D eigenvalue weighted by Gasteiger charge is 2.48. The zero-order valence-electron chi connectivity index (χ0n) is 20.8. The van der Waals surface area contributed by atoms with E-state index in [-0.39, 0.29) is 92.0 Å². The molecule has 0 saturated heterocycles. The topological polar surface area (TPSA) is 151 Å². The largest absolute Gasteiger partial charge is 0.394 e. The van der Waals surface area contributed by atoms with Crippen LogP contribution in [0.25, 0.3) is 0 Å². The third-order valence-corrected chi connectivity index (χ3v) is 6.45. The number of fused-ring (bicyclic) bond motifs is 2. The summed E-state index contributed by atoms with van der Waals surface area (Å²) in [6, 6.07) is 11.7. The summed E-state index contributed by atoms with van der Waals surface area (Å²) in [5.41, 5.74) is 0.683. The van der Waals surface area contributed by atoms with Crippen LogP contribution in [0.1, 0.15) is 41.4 Å². The zero-order chi connectivity index (χ0) is 27.1. The van der Waals surface area contributed by atoms with Gasteiger partial charge in [-0.3, -0.25) is 19.2 Å². The first kappa shape index (κ1) is 27.5. The van der Waals surface area contributed by atoms with Crippen LogP contribution in [0, 0.1) is 5.92 Å². The van der Waals surface area contributed by atoms with Crippen molar-refractivity contribution in [1.82, 2.24) is 10.6 Å². The van der Waals surface area contributed by atoms with Crippen LogP contribution >= 0.6 is 0 Å². The second-order valence-corrected chi connectivity index (χ2v) is 8.77. The van der Waals surface area contributed by atoms with Crippen LogP contribution < -0.4 is 10.6 Å². The van der Waals surface area contributed by atoms with E-state index >= 15 is 0 Å². The maximum atomic E-state index is 13.9. The van der Waals surface area contributed by atoms with Gasteiger partial charge >= 0.3 is 0 Å². The minimum absolute atomic E-state index is 0.0461. The van der Waals surface area contributed by atoms with E-state index in [1.54, 1.807) is 42.5 Å². The molecule has 0 amide bonds. The molecule has 0 fully saturated rings. The van der Waals surface area contributed by atoms with Crippen molar-refractivity contribution < 1.29 is 38.9 Å². The molecule has 0 radical (unpaired) electrons. The Morgan fingerprint density at radius 1 is 0.658 bits per heavy atom. The number of carbonyl (C=O) groups is 4. The minimum atomic E-state index is -1.26. The molecule has 0 bridgehead atoms. The number of benzene rings is 2. The van der Waals surface area contributed by atoms with Gasteiger partial charge in [0.1, 0.15) is 0 Å². The Hall–Kier alpha value is -3.54. The van der Waals surface area contributed by atoms with Crippen LogP contribution in [-0.4, -0.2) is 92.1 Å². The molecule has 0 heterocycles. The number of ketones is 4. The van der Waals surface area contributed by atoms with Crippen LogP contribution in [0.3, 0.4) is 0 Å². The summed E-state index contributed by atoms with van der Waals surface area (Å²) in [5, 5.41) is 23.9. The number of aliphatic hydroxyl groups is 2. The molecule has 38 heavy (non-hydrogen) atoms. The van der Waals surface area contributed by atoms with Gasteiger partial charge in [-0.05, 0) is 0 Å². The first-order valence-electron chi connectivity index (χ1n) is 12.5. The van der Waals surface area contributed by atoms with Gasteiger partial charge in [0.2, 0.25) is 5.78 Å². The van der Waals surface area contributed by atoms with E-state index < -0.39 is 29.3 Å². The third-order valence-electron chi connectivity index (χ3n) is 6.45. The lowest BCUT2D eigenvalue weighted by Crippen LogP contribution is -2.53. The Kier molecular flexibility index (Phi) is 9.27. The number of aliphatic hydroxyl groups excluding tert-OH is 2. The number of rotatable bonds is 13. The van der Waals surface area contributed by atoms with Crippen LogP contribution in [-0.2, 0) is 9.47 Å². The first-order valence-corrected chi connectivity index (χ1v) is 12.5. The molecule has 200 valence electrons. The maximum absolute atomic E-state index is 13.9. The number of allylic oxidation sites excluding steroid dienone is 1. The number of carbonyl (C=O) groups excluding carboxylic acids is 4. The number of nitrogens with one attached hydrogen (secondary N) is 2. The molecular weight excluding hydrogens is 492 g/mol. The Labute approximate surface area is 219 Å². The van der Waals surface area contributed by atoms with Crippen molar-refractivity contribution in [2.24, 2.45) is 5.92 Å². The maximum Gasteiger partial charge on any atom is 0.210 e. The van der Waals surface area contributed by atoms with E-state index in [2.05, 4.69) is 10.6 Å². The van der Waals surface area contributed by atoms with Gasteiger partial charge in [-0.1, -0.05) is 48.5 Å². The lowest BCUT2D eigenvalue weighted by Gasteiger charge is -2.35. The molecular formula is C28H30N2O8. The quantitative estimate of drug-likeness (QED) is 0.275.